The van der Waals surface area contributed by atoms with E-state index in [1.807, 2.05) is 53.2 Å². The van der Waals surface area contributed by atoms with Crippen LogP contribution in [0.2, 0.25) is 0 Å². The fourth-order valence-electron chi connectivity index (χ4n) is 3.66. The molecule has 31 heavy (non-hydrogen) atoms. The second kappa shape index (κ2) is 9.61. The SMILES string of the molecule is COc1ccccc1OCC(=O)N1CCN(Cc2cc(-c3cccnc3)nn2C)CC1. The molecule has 3 heterocycles. The monoisotopic (exact) mass is 421 g/mol. The first-order valence-corrected chi connectivity index (χ1v) is 10.3. The van der Waals surface area contributed by atoms with Crippen LogP contribution in [0, 0.1) is 0 Å². The molecular weight excluding hydrogens is 394 g/mol. The van der Waals surface area contributed by atoms with Gasteiger partial charge in [0.2, 0.25) is 0 Å². The number of aryl methyl sites for hydroxylation is 1. The maximum absolute atomic E-state index is 12.6. The number of rotatable bonds is 7. The number of methoxy groups -OCH3 is 1. The molecule has 1 aliphatic rings. The third-order valence-electron chi connectivity index (χ3n) is 5.46. The van der Waals surface area contributed by atoms with Gasteiger partial charge in [-0.25, -0.2) is 0 Å². The van der Waals surface area contributed by atoms with Crippen LogP contribution < -0.4 is 9.47 Å². The van der Waals surface area contributed by atoms with E-state index >= 15 is 0 Å². The van der Waals surface area contributed by atoms with Gasteiger partial charge in [0.1, 0.15) is 0 Å². The number of hydrogen-bond acceptors (Lipinski definition) is 6. The van der Waals surface area contributed by atoms with Crippen molar-refractivity contribution in [3.05, 3.63) is 60.6 Å². The average molecular weight is 422 g/mol. The number of benzene rings is 1. The number of para-hydroxylation sites is 2. The molecule has 2 aromatic heterocycles. The number of piperazine rings is 1. The summed E-state index contributed by atoms with van der Waals surface area (Å²) < 4.78 is 12.9. The third kappa shape index (κ3) is 5.03. The first-order valence-electron chi connectivity index (χ1n) is 10.3. The second-order valence-corrected chi connectivity index (χ2v) is 7.48. The molecular formula is C23H27N5O3. The Hall–Kier alpha value is -3.39. The van der Waals surface area contributed by atoms with Gasteiger partial charge in [-0.15, -0.1) is 0 Å². The molecule has 1 aliphatic heterocycles. The van der Waals surface area contributed by atoms with Gasteiger partial charge in [0.05, 0.1) is 18.5 Å². The zero-order valence-corrected chi connectivity index (χ0v) is 17.9. The number of ether oxygens (including phenoxy) is 2. The summed E-state index contributed by atoms with van der Waals surface area (Å²) in [5.41, 5.74) is 3.07. The molecule has 1 saturated heterocycles. The number of hydrogen-bond donors (Lipinski definition) is 0. The Balaban J connectivity index is 1.28. The molecule has 1 amide bonds. The van der Waals surface area contributed by atoms with E-state index in [4.69, 9.17) is 9.47 Å². The van der Waals surface area contributed by atoms with Crippen molar-refractivity contribution in [1.29, 1.82) is 0 Å². The minimum atomic E-state index is -0.00930. The van der Waals surface area contributed by atoms with Gasteiger partial charge >= 0.3 is 0 Å². The summed E-state index contributed by atoms with van der Waals surface area (Å²) in [6, 6.07) is 13.4. The Bertz CT molecular complexity index is 1010. The molecule has 162 valence electrons. The minimum Gasteiger partial charge on any atom is -0.493 e. The third-order valence-corrected chi connectivity index (χ3v) is 5.46. The molecule has 3 aromatic rings. The predicted molar refractivity (Wildman–Crippen MR) is 117 cm³/mol. The zero-order chi connectivity index (χ0) is 21.6. The number of nitrogens with zero attached hydrogens (tertiary/aromatic N) is 5. The van der Waals surface area contributed by atoms with E-state index in [-0.39, 0.29) is 12.5 Å². The van der Waals surface area contributed by atoms with Crippen molar-refractivity contribution in [3.63, 3.8) is 0 Å². The Morgan fingerprint density at radius 3 is 2.55 bits per heavy atom. The van der Waals surface area contributed by atoms with Crippen LogP contribution in [-0.2, 0) is 18.4 Å². The summed E-state index contributed by atoms with van der Waals surface area (Å²) in [7, 11) is 3.55. The summed E-state index contributed by atoms with van der Waals surface area (Å²) in [5, 5.41) is 4.62. The Labute approximate surface area is 182 Å². The molecule has 0 bridgehead atoms. The summed E-state index contributed by atoms with van der Waals surface area (Å²) in [5.74, 6) is 1.20. The first-order chi connectivity index (χ1) is 15.1. The van der Waals surface area contributed by atoms with E-state index in [0.29, 0.717) is 24.6 Å². The lowest BCUT2D eigenvalue weighted by Crippen LogP contribution is -2.49. The molecule has 4 rings (SSSR count). The molecule has 0 saturated carbocycles. The zero-order valence-electron chi connectivity index (χ0n) is 17.9. The van der Waals surface area contributed by atoms with Gasteiger partial charge in [-0.3, -0.25) is 19.4 Å². The highest BCUT2D eigenvalue weighted by molar-refractivity contribution is 5.78. The van der Waals surface area contributed by atoms with Crippen molar-refractivity contribution in [2.24, 2.45) is 7.05 Å². The normalized spacial score (nSPS) is 14.5. The van der Waals surface area contributed by atoms with E-state index in [0.717, 1.165) is 36.6 Å². The van der Waals surface area contributed by atoms with Crippen LogP contribution in [0.5, 0.6) is 11.5 Å². The van der Waals surface area contributed by atoms with Crippen LogP contribution in [0.25, 0.3) is 11.3 Å². The van der Waals surface area contributed by atoms with Crippen molar-refractivity contribution < 1.29 is 14.3 Å². The van der Waals surface area contributed by atoms with E-state index < -0.39 is 0 Å². The first kappa shape index (κ1) is 20.9. The topological polar surface area (TPSA) is 72.7 Å². The van der Waals surface area contributed by atoms with Gasteiger partial charge in [-0.2, -0.15) is 5.10 Å². The van der Waals surface area contributed by atoms with E-state index in [1.54, 1.807) is 19.4 Å². The molecule has 0 aliphatic carbocycles. The molecule has 1 fully saturated rings. The molecule has 0 unspecified atom stereocenters. The smallest absolute Gasteiger partial charge is 0.260 e. The van der Waals surface area contributed by atoms with Gasteiger partial charge in [0.25, 0.3) is 5.91 Å². The van der Waals surface area contributed by atoms with Crippen LogP contribution in [-0.4, -0.2) is 70.4 Å². The lowest BCUT2D eigenvalue weighted by atomic mass is 10.2. The summed E-state index contributed by atoms with van der Waals surface area (Å²) >= 11 is 0. The van der Waals surface area contributed by atoms with Gasteiger partial charge in [-0.1, -0.05) is 12.1 Å². The van der Waals surface area contributed by atoms with Crippen molar-refractivity contribution in [3.8, 4) is 22.8 Å². The van der Waals surface area contributed by atoms with Gasteiger partial charge in [0, 0.05) is 57.7 Å². The highest BCUT2D eigenvalue weighted by Crippen LogP contribution is 2.25. The van der Waals surface area contributed by atoms with Crippen molar-refractivity contribution in [1.82, 2.24) is 24.6 Å². The quantitative estimate of drug-likeness (QED) is 0.583. The summed E-state index contributed by atoms with van der Waals surface area (Å²) in [4.78, 5) is 20.9. The summed E-state index contributed by atoms with van der Waals surface area (Å²) in [6.45, 7) is 3.80. The minimum absolute atomic E-state index is 0.00930. The van der Waals surface area contributed by atoms with Crippen molar-refractivity contribution >= 4 is 5.91 Å². The Kier molecular flexibility index (Phi) is 6.47. The number of carbonyl (C=O) groups excluding carboxylic acids is 1. The van der Waals surface area contributed by atoms with Crippen LogP contribution in [0.4, 0.5) is 0 Å². The van der Waals surface area contributed by atoms with Gasteiger partial charge < -0.3 is 14.4 Å². The van der Waals surface area contributed by atoms with Crippen molar-refractivity contribution in [2.75, 3.05) is 39.9 Å². The predicted octanol–water partition coefficient (Wildman–Crippen LogP) is 2.21. The van der Waals surface area contributed by atoms with Crippen LogP contribution >= 0.6 is 0 Å². The number of pyridine rings is 1. The van der Waals surface area contributed by atoms with E-state index in [2.05, 4.69) is 21.0 Å². The fraction of sp³-hybridized carbons (Fsp3) is 0.348. The average Bonchev–Trinajstić information content (AvgIpc) is 3.18. The standard InChI is InChI=1S/C23H27N5O3/c1-26-19(14-20(25-26)18-6-5-9-24-15-18)16-27-10-12-28(13-11-27)23(29)17-31-22-8-4-3-7-21(22)30-2/h3-9,14-15H,10-13,16-17H2,1-2H3. The maximum atomic E-state index is 12.6. The molecule has 0 N–H and O–H groups in total. The largest absolute Gasteiger partial charge is 0.493 e. The molecule has 0 atom stereocenters. The molecule has 8 heteroatoms. The highest BCUT2D eigenvalue weighted by Gasteiger charge is 2.22. The molecule has 8 nitrogen and oxygen atoms in total. The molecule has 0 spiro atoms. The highest BCUT2D eigenvalue weighted by atomic mass is 16.5. The fourth-order valence-corrected chi connectivity index (χ4v) is 3.66. The number of aromatic nitrogens is 3. The second-order valence-electron chi connectivity index (χ2n) is 7.48. The van der Waals surface area contributed by atoms with Gasteiger partial charge in [-0.05, 0) is 30.3 Å². The Morgan fingerprint density at radius 1 is 1.06 bits per heavy atom. The van der Waals surface area contributed by atoms with Crippen LogP contribution in [0.3, 0.4) is 0 Å². The lowest BCUT2D eigenvalue weighted by molar-refractivity contribution is -0.135. The van der Waals surface area contributed by atoms with E-state index in [1.165, 1.54) is 0 Å². The van der Waals surface area contributed by atoms with Crippen LogP contribution in [0.15, 0.2) is 54.9 Å². The molecule has 1 aromatic carbocycles. The number of amides is 1. The van der Waals surface area contributed by atoms with Gasteiger partial charge in [0.15, 0.2) is 18.1 Å². The van der Waals surface area contributed by atoms with Crippen LogP contribution in [0.1, 0.15) is 5.69 Å². The van der Waals surface area contributed by atoms with E-state index in [9.17, 15) is 4.79 Å². The molecule has 0 radical (unpaired) electrons. The van der Waals surface area contributed by atoms with Crippen molar-refractivity contribution in [2.45, 2.75) is 6.54 Å². The summed E-state index contributed by atoms with van der Waals surface area (Å²) in [6.07, 6.45) is 3.58. The lowest BCUT2D eigenvalue weighted by Gasteiger charge is -2.34. The number of carbonyl (C=O) groups is 1. The maximum Gasteiger partial charge on any atom is 0.260 e. The Morgan fingerprint density at radius 2 is 1.84 bits per heavy atom.